The van der Waals surface area contributed by atoms with Crippen LogP contribution in [-0.2, 0) is 28.9 Å². The van der Waals surface area contributed by atoms with E-state index >= 15 is 0 Å². The Morgan fingerprint density at radius 3 is 2.45 bits per heavy atom. The van der Waals surface area contributed by atoms with E-state index < -0.39 is 12.1 Å². The van der Waals surface area contributed by atoms with Crippen LogP contribution in [0.5, 0.6) is 0 Å². The molecule has 0 radical (unpaired) electrons. The molecule has 0 amide bonds. The Morgan fingerprint density at radius 2 is 1.71 bits per heavy atom. The molecule has 5 heteroatoms. The van der Waals surface area contributed by atoms with Crippen LogP contribution in [0.1, 0.15) is 24.5 Å². The van der Waals surface area contributed by atoms with E-state index in [0.717, 1.165) is 29.4 Å². The van der Waals surface area contributed by atoms with Gasteiger partial charge in [0.2, 0.25) is 0 Å². The molecule has 0 saturated carbocycles. The Morgan fingerprint density at radius 1 is 1.00 bits per heavy atom. The van der Waals surface area contributed by atoms with Crippen LogP contribution < -0.4 is 0 Å². The van der Waals surface area contributed by atoms with E-state index in [2.05, 4.69) is 75.1 Å². The van der Waals surface area contributed by atoms with Gasteiger partial charge in [0.05, 0.1) is 0 Å². The summed E-state index contributed by atoms with van der Waals surface area (Å²) in [6.07, 6.45) is 1.60. The van der Waals surface area contributed by atoms with Crippen molar-refractivity contribution in [2.24, 2.45) is 0 Å². The first-order valence-electron chi connectivity index (χ1n) is 10.7. The number of carboxylic acid groups (broad SMARTS) is 1. The fourth-order valence-corrected chi connectivity index (χ4v) is 4.54. The summed E-state index contributed by atoms with van der Waals surface area (Å²) in [7, 11) is 0. The standard InChI is InChI=1S/C26H26BrNO3/c1-2-31-25(26(29)30)16-19-11-9-18(10-12-19)6-5-15-28-23-8-4-3-7-21(23)22-17-20(27)13-14-24(22)28/h3-4,7-14,17,25H,2,5-6,15-16H2,1H3,(H,29,30). The molecular weight excluding hydrogens is 454 g/mol. The molecule has 1 atom stereocenters. The highest BCUT2D eigenvalue weighted by Gasteiger charge is 2.17. The first kappa shape index (κ1) is 21.6. The number of ether oxygens (including phenoxy) is 1. The van der Waals surface area contributed by atoms with Gasteiger partial charge in [0.25, 0.3) is 0 Å². The SMILES string of the molecule is CCOC(Cc1ccc(CCCn2c3ccccc3c3cc(Br)ccc32)cc1)C(=O)O. The monoisotopic (exact) mass is 479 g/mol. The highest BCUT2D eigenvalue weighted by Crippen LogP contribution is 2.31. The van der Waals surface area contributed by atoms with Gasteiger partial charge >= 0.3 is 5.97 Å². The number of fused-ring (bicyclic) bond motifs is 3. The third-order valence-electron chi connectivity index (χ3n) is 5.67. The van der Waals surface area contributed by atoms with Gasteiger partial charge in [-0.3, -0.25) is 0 Å². The van der Waals surface area contributed by atoms with Crippen LogP contribution in [0.25, 0.3) is 21.8 Å². The minimum atomic E-state index is -0.913. The van der Waals surface area contributed by atoms with E-state index in [1.165, 1.54) is 27.4 Å². The van der Waals surface area contributed by atoms with Gasteiger partial charge in [0.1, 0.15) is 0 Å². The number of carboxylic acids is 1. The van der Waals surface area contributed by atoms with Crippen molar-refractivity contribution in [2.75, 3.05) is 6.61 Å². The summed E-state index contributed by atoms with van der Waals surface area (Å²) in [5, 5.41) is 11.8. The van der Waals surface area contributed by atoms with Crippen molar-refractivity contribution in [3.8, 4) is 0 Å². The molecule has 31 heavy (non-hydrogen) atoms. The summed E-state index contributed by atoms with van der Waals surface area (Å²) in [5.41, 5.74) is 4.77. The van der Waals surface area contributed by atoms with E-state index in [9.17, 15) is 9.90 Å². The summed E-state index contributed by atoms with van der Waals surface area (Å²) >= 11 is 3.60. The van der Waals surface area contributed by atoms with E-state index in [1.54, 1.807) is 0 Å². The lowest BCUT2D eigenvalue weighted by Crippen LogP contribution is -2.26. The zero-order valence-corrected chi connectivity index (χ0v) is 19.1. The molecule has 1 unspecified atom stereocenters. The smallest absolute Gasteiger partial charge is 0.333 e. The second-order valence-corrected chi connectivity index (χ2v) is 8.65. The van der Waals surface area contributed by atoms with Gasteiger partial charge in [-0.15, -0.1) is 0 Å². The molecular formula is C26H26BrNO3. The third-order valence-corrected chi connectivity index (χ3v) is 6.16. The van der Waals surface area contributed by atoms with Gasteiger partial charge < -0.3 is 14.4 Å². The number of halogens is 1. The second kappa shape index (κ2) is 9.67. The molecule has 0 aliphatic rings. The third kappa shape index (κ3) is 4.83. The van der Waals surface area contributed by atoms with Gasteiger partial charge in [-0.25, -0.2) is 4.79 Å². The number of aryl methyl sites for hydroxylation is 2. The summed E-state index contributed by atoms with van der Waals surface area (Å²) in [5.74, 6) is -0.913. The Balaban J connectivity index is 1.45. The molecule has 0 aliphatic carbocycles. The van der Waals surface area contributed by atoms with Crippen molar-refractivity contribution in [2.45, 2.75) is 38.8 Å². The Hall–Kier alpha value is -2.63. The molecule has 3 aromatic carbocycles. The molecule has 4 aromatic rings. The molecule has 4 rings (SSSR count). The quantitative estimate of drug-likeness (QED) is 0.309. The highest BCUT2D eigenvalue weighted by atomic mass is 79.9. The molecule has 0 saturated heterocycles. The summed E-state index contributed by atoms with van der Waals surface area (Å²) < 4.78 is 8.82. The molecule has 4 nitrogen and oxygen atoms in total. The average molecular weight is 480 g/mol. The van der Waals surface area contributed by atoms with Crippen LogP contribution in [0.2, 0.25) is 0 Å². The molecule has 1 aromatic heterocycles. The van der Waals surface area contributed by atoms with Gasteiger partial charge in [-0.1, -0.05) is 58.4 Å². The fraction of sp³-hybridized carbons (Fsp3) is 0.269. The number of hydrogen-bond acceptors (Lipinski definition) is 2. The molecule has 160 valence electrons. The maximum atomic E-state index is 11.3. The first-order valence-corrected chi connectivity index (χ1v) is 11.4. The number of aromatic nitrogens is 1. The Labute approximate surface area is 190 Å². The van der Waals surface area contributed by atoms with Crippen LogP contribution in [0.4, 0.5) is 0 Å². The van der Waals surface area contributed by atoms with Crippen molar-refractivity contribution >= 4 is 43.7 Å². The maximum Gasteiger partial charge on any atom is 0.333 e. The van der Waals surface area contributed by atoms with Gasteiger partial charge in [0, 0.05) is 45.9 Å². The molecule has 1 N–H and O–H groups in total. The molecule has 0 bridgehead atoms. The zero-order chi connectivity index (χ0) is 21.8. The van der Waals surface area contributed by atoms with Crippen molar-refractivity contribution < 1.29 is 14.6 Å². The largest absolute Gasteiger partial charge is 0.479 e. The normalized spacial score (nSPS) is 12.5. The minimum absolute atomic E-state index is 0.389. The van der Waals surface area contributed by atoms with Gasteiger partial charge in [0.15, 0.2) is 6.10 Å². The fourth-order valence-electron chi connectivity index (χ4n) is 4.18. The number of para-hydroxylation sites is 1. The van der Waals surface area contributed by atoms with Crippen molar-refractivity contribution in [1.29, 1.82) is 0 Å². The van der Waals surface area contributed by atoms with Crippen LogP contribution in [0, 0.1) is 0 Å². The minimum Gasteiger partial charge on any atom is -0.479 e. The van der Waals surface area contributed by atoms with Crippen LogP contribution in [0.3, 0.4) is 0 Å². The number of carbonyl (C=O) groups is 1. The predicted molar refractivity (Wildman–Crippen MR) is 129 cm³/mol. The van der Waals surface area contributed by atoms with Crippen LogP contribution in [-0.4, -0.2) is 28.4 Å². The number of hydrogen-bond donors (Lipinski definition) is 1. The molecule has 1 heterocycles. The molecule has 0 fully saturated rings. The number of rotatable bonds is 9. The molecule has 0 aliphatic heterocycles. The van der Waals surface area contributed by atoms with Gasteiger partial charge in [-0.2, -0.15) is 0 Å². The Kier molecular flexibility index (Phi) is 6.73. The lowest BCUT2D eigenvalue weighted by Gasteiger charge is -2.13. The lowest BCUT2D eigenvalue weighted by atomic mass is 10.0. The predicted octanol–water partition coefficient (Wildman–Crippen LogP) is 6.22. The zero-order valence-electron chi connectivity index (χ0n) is 17.6. The topological polar surface area (TPSA) is 51.5 Å². The maximum absolute atomic E-state index is 11.3. The van der Waals surface area contributed by atoms with E-state index in [4.69, 9.17) is 4.74 Å². The lowest BCUT2D eigenvalue weighted by molar-refractivity contribution is -0.149. The number of nitrogens with zero attached hydrogens (tertiary/aromatic N) is 1. The van der Waals surface area contributed by atoms with E-state index in [0.29, 0.717) is 13.0 Å². The number of benzene rings is 3. The summed E-state index contributed by atoms with van der Waals surface area (Å²) in [6.45, 7) is 3.16. The number of aliphatic carboxylic acids is 1. The summed E-state index contributed by atoms with van der Waals surface area (Å²) in [4.78, 5) is 11.3. The Bertz CT molecular complexity index is 1200. The average Bonchev–Trinajstić information content (AvgIpc) is 3.07. The van der Waals surface area contributed by atoms with Crippen molar-refractivity contribution in [3.63, 3.8) is 0 Å². The van der Waals surface area contributed by atoms with E-state index in [1.807, 2.05) is 19.1 Å². The second-order valence-electron chi connectivity index (χ2n) is 7.74. The van der Waals surface area contributed by atoms with Crippen LogP contribution >= 0.6 is 15.9 Å². The van der Waals surface area contributed by atoms with E-state index in [-0.39, 0.29) is 0 Å². The van der Waals surface area contributed by atoms with Gasteiger partial charge in [-0.05, 0) is 55.2 Å². The van der Waals surface area contributed by atoms with Crippen molar-refractivity contribution in [3.05, 3.63) is 82.3 Å². The molecule has 0 spiro atoms. The first-order chi connectivity index (χ1) is 15.1. The summed E-state index contributed by atoms with van der Waals surface area (Å²) in [6, 6.07) is 23.3. The highest BCUT2D eigenvalue weighted by molar-refractivity contribution is 9.10. The van der Waals surface area contributed by atoms with Crippen molar-refractivity contribution in [1.82, 2.24) is 4.57 Å². The van der Waals surface area contributed by atoms with Crippen LogP contribution in [0.15, 0.2) is 71.2 Å².